The molecule has 0 atom stereocenters. The number of ether oxygens (including phenoxy) is 1. The van der Waals surface area contributed by atoms with E-state index in [1.54, 1.807) is 36.4 Å². The number of methoxy groups -OCH3 is 1. The van der Waals surface area contributed by atoms with Crippen LogP contribution < -0.4 is 10.6 Å². The second-order valence-electron chi connectivity index (χ2n) is 5.26. The van der Waals surface area contributed by atoms with Gasteiger partial charge in [-0.2, -0.15) is 5.26 Å². The van der Waals surface area contributed by atoms with Crippen molar-refractivity contribution in [3.05, 3.63) is 70.4 Å². The van der Waals surface area contributed by atoms with Gasteiger partial charge in [-0.25, -0.2) is 4.79 Å². The average Bonchev–Trinajstić information content (AvgIpc) is 2.63. The molecule has 2 N–H and O–H groups in total. The van der Waals surface area contributed by atoms with Gasteiger partial charge in [0.1, 0.15) is 11.6 Å². The van der Waals surface area contributed by atoms with Gasteiger partial charge in [0, 0.05) is 16.9 Å². The van der Waals surface area contributed by atoms with Crippen LogP contribution in [-0.4, -0.2) is 19.0 Å². The molecule has 26 heavy (non-hydrogen) atoms. The van der Waals surface area contributed by atoms with E-state index >= 15 is 0 Å². The number of anilines is 2. The van der Waals surface area contributed by atoms with Gasteiger partial charge in [0.05, 0.1) is 18.4 Å². The van der Waals surface area contributed by atoms with Crippen LogP contribution in [0.1, 0.15) is 15.9 Å². The smallest absolute Gasteiger partial charge is 0.339 e. The molecule has 0 unspecified atom stereocenters. The zero-order chi connectivity index (χ0) is 19.1. The van der Waals surface area contributed by atoms with Gasteiger partial charge in [-0.05, 0) is 42.8 Å². The van der Waals surface area contributed by atoms with Crippen molar-refractivity contribution < 1.29 is 14.3 Å². The summed E-state index contributed by atoms with van der Waals surface area (Å²) in [6.45, 7) is 1.85. The number of hydrogen-bond acceptors (Lipinski definition) is 5. The topological polar surface area (TPSA) is 91.2 Å². The minimum Gasteiger partial charge on any atom is -0.465 e. The van der Waals surface area contributed by atoms with Gasteiger partial charge in [-0.15, -0.1) is 0 Å². The van der Waals surface area contributed by atoms with E-state index in [1.807, 2.05) is 13.0 Å². The number of nitriles is 1. The van der Waals surface area contributed by atoms with E-state index in [1.165, 1.54) is 19.4 Å². The van der Waals surface area contributed by atoms with E-state index in [4.69, 9.17) is 11.6 Å². The van der Waals surface area contributed by atoms with Gasteiger partial charge in [0.2, 0.25) is 0 Å². The second kappa shape index (κ2) is 8.70. The lowest BCUT2D eigenvalue weighted by atomic mass is 10.1. The van der Waals surface area contributed by atoms with Gasteiger partial charge < -0.3 is 15.4 Å². The van der Waals surface area contributed by atoms with Gasteiger partial charge >= 0.3 is 5.97 Å². The Hall–Kier alpha value is -3.30. The van der Waals surface area contributed by atoms with Gasteiger partial charge in [-0.3, -0.25) is 4.79 Å². The first-order valence-electron chi connectivity index (χ1n) is 7.58. The molecule has 0 aromatic heterocycles. The molecule has 7 heteroatoms. The van der Waals surface area contributed by atoms with Gasteiger partial charge in [0.15, 0.2) is 0 Å². The molecule has 0 bridgehead atoms. The Bertz CT molecular complexity index is 916. The lowest BCUT2D eigenvalue weighted by Gasteiger charge is -2.10. The second-order valence-corrected chi connectivity index (χ2v) is 5.70. The van der Waals surface area contributed by atoms with Gasteiger partial charge in [0.25, 0.3) is 5.91 Å². The lowest BCUT2D eigenvalue weighted by molar-refractivity contribution is -0.112. The van der Waals surface area contributed by atoms with Crippen LogP contribution >= 0.6 is 11.6 Å². The van der Waals surface area contributed by atoms with Crippen molar-refractivity contribution in [1.82, 2.24) is 0 Å². The number of benzene rings is 2. The predicted octanol–water partition coefficient (Wildman–Crippen LogP) is 3.89. The SMILES string of the molecule is COC(=O)c1ccccc1NC(=O)/C(C#N)=C\Nc1ccc(Cl)cc1C. The number of halogens is 1. The maximum Gasteiger partial charge on any atom is 0.339 e. The Morgan fingerprint density at radius 1 is 1.19 bits per heavy atom. The first-order chi connectivity index (χ1) is 12.5. The van der Waals surface area contributed by atoms with E-state index in [0.717, 1.165) is 5.56 Å². The first-order valence-corrected chi connectivity index (χ1v) is 7.95. The normalized spacial score (nSPS) is 10.6. The van der Waals surface area contributed by atoms with Crippen molar-refractivity contribution >= 4 is 34.9 Å². The van der Waals surface area contributed by atoms with Crippen LogP contribution in [0.15, 0.2) is 54.2 Å². The maximum atomic E-state index is 12.4. The minimum absolute atomic E-state index is 0.154. The number of nitrogens with one attached hydrogen (secondary N) is 2. The fourth-order valence-corrected chi connectivity index (χ4v) is 2.38. The lowest BCUT2D eigenvalue weighted by Crippen LogP contribution is -2.17. The molecule has 0 spiro atoms. The molecule has 132 valence electrons. The summed E-state index contributed by atoms with van der Waals surface area (Å²) in [5, 5.41) is 15.3. The molecular weight excluding hydrogens is 354 g/mol. The molecule has 0 aliphatic carbocycles. The van der Waals surface area contributed by atoms with Crippen LogP contribution in [0, 0.1) is 18.3 Å². The van der Waals surface area contributed by atoms with Crippen LogP contribution in [0.25, 0.3) is 0 Å². The molecule has 6 nitrogen and oxygen atoms in total. The Kier molecular flexibility index (Phi) is 6.36. The number of carbonyl (C=O) groups is 2. The number of hydrogen-bond donors (Lipinski definition) is 2. The van der Waals surface area contributed by atoms with Crippen LogP contribution in [0.4, 0.5) is 11.4 Å². The molecule has 2 aromatic carbocycles. The fourth-order valence-electron chi connectivity index (χ4n) is 2.16. The summed E-state index contributed by atoms with van der Waals surface area (Å²) < 4.78 is 4.68. The Morgan fingerprint density at radius 3 is 2.58 bits per heavy atom. The Balaban J connectivity index is 2.19. The monoisotopic (exact) mass is 369 g/mol. The molecular formula is C19H16ClN3O3. The summed E-state index contributed by atoms with van der Waals surface area (Å²) in [4.78, 5) is 24.1. The molecule has 0 fully saturated rings. The number of carbonyl (C=O) groups excluding carboxylic acids is 2. The number of rotatable bonds is 5. The molecule has 0 saturated heterocycles. The van der Waals surface area contributed by atoms with Crippen LogP contribution in [0.3, 0.4) is 0 Å². The third kappa shape index (κ3) is 4.62. The summed E-state index contributed by atoms with van der Waals surface area (Å²) in [6, 6.07) is 13.4. The van der Waals surface area contributed by atoms with Gasteiger partial charge in [-0.1, -0.05) is 23.7 Å². The highest BCUT2D eigenvalue weighted by Gasteiger charge is 2.15. The summed E-state index contributed by atoms with van der Waals surface area (Å²) in [5.74, 6) is -1.23. The van der Waals surface area contributed by atoms with E-state index in [-0.39, 0.29) is 16.8 Å². The Morgan fingerprint density at radius 2 is 1.92 bits per heavy atom. The Labute approximate surface area is 156 Å². The fraction of sp³-hybridized carbons (Fsp3) is 0.105. The highest BCUT2D eigenvalue weighted by atomic mass is 35.5. The summed E-state index contributed by atoms with van der Waals surface area (Å²) in [5.41, 5.74) is 1.88. The average molecular weight is 370 g/mol. The zero-order valence-corrected chi connectivity index (χ0v) is 14.9. The summed E-state index contributed by atoms with van der Waals surface area (Å²) in [6.07, 6.45) is 1.30. The molecule has 0 heterocycles. The number of nitrogens with zero attached hydrogens (tertiary/aromatic N) is 1. The number of esters is 1. The third-order valence-corrected chi connectivity index (χ3v) is 3.74. The molecule has 0 aliphatic rings. The quantitative estimate of drug-likeness (QED) is 0.474. The van der Waals surface area contributed by atoms with Crippen molar-refractivity contribution in [3.8, 4) is 6.07 Å². The molecule has 0 aliphatic heterocycles. The van der Waals surface area contributed by atoms with Crippen molar-refractivity contribution in [2.75, 3.05) is 17.7 Å². The van der Waals surface area contributed by atoms with Crippen LogP contribution in [-0.2, 0) is 9.53 Å². The van der Waals surface area contributed by atoms with Crippen molar-refractivity contribution in [2.45, 2.75) is 6.92 Å². The third-order valence-electron chi connectivity index (χ3n) is 3.51. The molecule has 0 radical (unpaired) electrons. The molecule has 0 saturated carbocycles. The molecule has 2 rings (SSSR count). The summed E-state index contributed by atoms with van der Waals surface area (Å²) in [7, 11) is 1.25. The largest absolute Gasteiger partial charge is 0.465 e. The molecule has 1 amide bonds. The highest BCUT2D eigenvalue weighted by molar-refractivity contribution is 6.30. The van der Waals surface area contributed by atoms with E-state index in [2.05, 4.69) is 15.4 Å². The summed E-state index contributed by atoms with van der Waals surface area (Å²) >= 11 is 5.90. The molecule has 2 aromatic rings. The van der Waals surface area contributed by atoms with E-state index in [0.29, 0.717) is 10.7 Å². The predicted molar refractivity (Wildman–Crippen MR) is 99.9 cm³/mol. The number of aryl methyl sites for hydroxylation is 1. The number of para-hydroxylation sites is 1. The standard InChI is InChI=1S/C19H16ClN3O3/c1-12-9-14(20)7-8-16(12)22-11-13(10-21)18(24)23-17-6-4-3-5-15(17)19(25)26-2/h3-9,11,22H,1-2H3,(H,23,24)/b13-11-. The zero-order valence-electron chi connectivity index (χ0n) is 14.2. The number of amides is 1. The first kappa shape index (κ1) is 19.0. The van der Waals surface area contributed by atoms with E-state index < -0.39 is 11.9 Å². The minimum atomic E-state index is -0.650. The van der Waals surface area contributed by atoms with Crippen molar-refractivity contribution in [3.63, 3.8) is 0 Å². The maximum absolute atomic E-state index is 12.4. The highest BCUT2D eigenvalue weighted by Crippen LogP contribution is 2.20. The van der Waals surface area contributed by atoms with Crippen LogP contribution in [0.2, 0.25) is 5.02 Å². The van der Waals surface area contributed by atoms with Crippen molar-refractivity contribution in [1.29, 1.82) is 5.26 Å². The van der Waals surface area contributed by atoms with Crippen molar-refractivity contribution in [2.24, 2.45) is 0 Å². The van der Waals surface area contributed by atoms with E-state index in [9.17, 15) is 14.9 Å². The van der Waals surface area contributed by atoms with Crippen LogP contribution in [0.5, 0.6) is 0 Å².